The number of phenols is 1. The van der Waals surface area contributed by atoms with Gasteiger partial charge in [-0.3, -0.25) is 24.8 Å². The average molecular weight is 730 g/mol. The van der Waals surface area contributed by atoms with Gasteiger partial charge in [0.15, 0.2) is 17.4 Å². The van der Waals surface area contributed by atoms with E-state index in [0.29, 0.717) is 60.9 Å². The Morgan fingerprint density at radius 3 is 2.50 bits per heavy atom. The van der Waals surface area contributed by atoms with E-state index in [2.05, 4.69) is 60.6 Å². The van der Waals surface area contributed by atoms with E-state index in [-0.39, 0.29) is 34.8 Å². The number of aromatic nitrogens is 3. The van der Waals surface area contributed by atoms with Gasteiger partial charge < -0.3 is 20.5 Å². The van der Waals surface area contributed by atoms with Crippen molar-refractivity contribution < 1.29 is 23.8 Å². The van der Waals surface area contributed by atoms with Gasteiger partial charge in [0.1, 0.15) is 18.4 Å². The van der Waals surface area contributed by atoms with Gasteiger partial charge in [-0.15, -0.1) is 10.2 Å². The zero-order chi connectivity index (χ0) is 36.7. The van der Waals surface area contributed by atoms with Crippen molar-refractivity contribution in [1.82, 2.24) is 25.4 Å². The van der Waals surface area contributed by atoms with Crippen LogP contribution in [0, 0.1) is 17.7 Å². The van der Waals surface area contributed by atoms with Crippen LogP contribution in [0.1, 0.15) is 81.3 Å². The van der Waals surface area contributed by atoms with E-state index in [1.165, 1.54) is 48.9 Å². The van der Waals surface area contributed by atoms with Crippen molar-refractivity contribution >= 4 is 23.3 Å². The highest BCUT2D eigenvalue weighted by molar-refractivity contribution is 6.02. The number of amides is 2. The van der Waals surface area contributed by atoms with E-state index in [1.807, 2.05) is 6.20 Å². The van der Waals surface area contributed by atoms with E-state index in [0.717, 1.165) is 49.0 Å². The fourth-order valence-corrected chi connectivity index (χ4v) is 11.1. The molecular formula is C42H44FN7O4. The minimum atomic E-state index is -0.718. The van der Waals surface area contributed by atoms with Crippen molar-refractivity contribution in [2.75, 3.05) is 23.8 Å². The molecule has 54 heavy (non-hydrogen) atoms. The zero-order valence-corrected chi connectivity index (χ0v) is 30.1. The summed E-state index contributed by atoms with van der Waals surface area (Å²) < 4.78 is 20.4. The largest absolute Gasteiger partial charge is 0.504 e. The lowest BCUT2D eigenvalue weighted by molar-refractivity contribution is -0.240. The Labute approximate surface area is 313 Å². The van der Waals surface area contributed by atoms with E-state index in [4.69, 9.17) is 10.5 Å². The van der Waals surface area contributed by atoms with Gasteiger partial charge in [0.2, 0.25) is 11.8 Å². The van der Waals surface area contributed by atoms with E-state index >= 15 is 0 Å². The van der Waals surface area contributed by atoms with Crippen molar-refractivity contribution in [3.63, 3.8) is 0 Å². The summed E-state index contributed by atoms with van der Waals surface area (Å²) >= 11 is 0. The average Bonchev–Trinajstić information content (AvgIpc) is 3.16. The number of anilines is 2. The molecule has 5 atom stereocenters. The number of piperidine rings is 3. The van der Waals surface area contributed by atoms with Gasteiger partial charge in [0.25, 0.3) is 0 Å². The number of nitrogen functional groups attached to an aromatic ring is 1. The first kappa shape index (κ1) is 33.5. The molecule has 5 fully saturated rings. The van der Waals surface area contributed by atoms with Crippen LogP contribution in [0.4, 0.5) is 15.9 Å². The zero-order valence-electron chi connectivity index (χ0n) is 30.1. The number of benzene rings is 2. The molecule has 2 unspecified atom stereocenters. The SMILES string of the molecule is Nc1nnc(-c2cccc(F)c2O)cc1-c1cc(C23C[C@H]4CC(C5CCC(c6cccc7c6OCCN7[C@@H]6CCC(=O)NC6=O)CC5)C[C@@H](C2)N43)ccn1. The highest BCUT2D eigenvalue weighted by atomic mass is 19.1. The molecular weight excluding hydrogens is 686 g/mol. The number of carbonyl (C=O) groups excluding carboxylic acids is 2. The molecule has 2 amide bonds. The Hall–Kier alpha value is -5.10. The predicted octanol–water partition coefficient (Wildman–Crippen LogP) is 6.06. The number of nitrogens with zero attached hydrogens (tertiary/aromatic N) is 5. The monoisotopic (exact) mass is 729 g/mol. The number of aromatic hydroxyl groups is 1. The van der Waals surface area contributed by atoms with Crippen LogP contribution >= 0.6 is 0 Å². The fraction of sp³-hybridized carbons (Fsp3) is 0.452. The van der Waals surface area contributed by atoms with Gasteiger partial charge in [-0.2, -0.15) is 0 Å². The smallest absolute Gasteiger partial charge is 0.249 e. The number of para-hydroxylation sites is 2. The molecule has 12 heteroatoms. The highest BCUT2D eigenvalue weighted by Gasteiger charge is 2.66. The number of pyridine rings is 1. The third-order valence-electron chi connectivity index (χ3n) is 13.6. The number of nitrogens with two attached hydrogens (primary N) is 1. The number of halogens is 1. The van der Waals surface area contributed by atoms with E-state index in [9.17, 15) is 19.1 Å². The molecule has 2 aromatic carbocycles. The first-order valence-electron chi connectivity index (χ1n) is 19.5. The van der Waals surface area contributed by atoms with Gasteiger partial charge >= 0.3 is 0 Å². The van der Waals surface area contributed by atoms with Crippen LogP contribution in [0.15, 0.2) is 60.8 Å². The van der Waals surface area contributed by atoms with Crippen LogP contribution in [0.2, 0.25) is 0 Å². The molecule has 278 valence electrons. The topological polar surface area (TPSA) is 147 Å². The Morgan fingerprint density at radius 1 is 0.907 bits per heavy atom. The molecule has 4 N–H and O–H groups in total. The number of nitrogens with one attached hydrogen (secondary N) is 1. The minimum Gasteiger partial charge on any atom is -0.504 e. The Morgan fingerprint density at radius 2 is 1.70 bits per heavy atom. The molecule has 2 aromatic heterocycles. The number of hydrogen-bond acceptors (Lipinski definition) is 10. The summed E-state index contributed by atoms with van der Waals surface area (Å²) in [5.41, 5.74) is 11.7. The van der Waals surface area contributed by atoms with E-state index < -0.39 is 11.6 Å². The lowest BCUT2D eigenvalue weighted by Gasteiger charge is -2.74. The Bertz CT molecular complexity index is 2160. The molecule has 4 aromatic rings. The number of ether oxygens (including phenoxy) is 1. The molecule has 0 bridgehead atoms. The van der Waals surface area contributed by atoms with Gasteiger partial charge in [0, 0.05) is 41.4 Å². The summed E-state index contributed by atoms with van der Waals surface area (Å²) in [7, 11) is 0. The molecule has 0 spiro atoms. The third kappa shape index (κ3) is 5.27. The molecule has 10 rings (SSSR count). The first-order chi connectivity index (χ1) is 26.3. The van der Waals surface area contributed by atoms with Crippen molar-refractivity contribution in [3.05, 3.63) is 77.7 Å². The molecule has 5 aliphatic heterocycles. The van der Waals surface area contributed by atoms with Crippen LogP contribution in [0.25, 0.3) is 22.5 Å². The summed E-state index contributed by atoms with van der Waals surface area (Å²) in [5, 5.41) is 21.1. The van der Waals surface area contributed by atoms with Gasteiger partial charge in [-0.05, 0) is 123 Å². The first-order valence-corrected chi connectivity index (χ1v) is 19.5. The van der Waals surface area contributed by atoms with Crippen LogP contribution < -0.4 is 20.7 Å². The second-order valence-corrected chi connectivity index (χ2v) is 16.3. The Kier molecular flexibility index (Phi) is 7.90. The second kappa shape index (κ2) is 12.8. The second-order valence-electron chi connectivity index (χ2n) is 16.3. The van der Waals surface area contributed by atoms with Crippen molar-refractivity contribution in [2.24, 2.45) is 11.8 Å². The molecule has 1 aliphatic carbocycles. The molecule has 11 nitrogen and oxygen atoms in total. The number of phenolic OH excluding ortho intramolecular Hbond substituents is 1. The quantitative estimate of drug-likeness (QED) is 0.200. The maximum absolute atomic E-state index is 14.1. The van der Waals surface area contributed by atoms with Crippen LogP contribution in [0.3, 0.4) is 0 Å². The number of rotatable bonds is 6. The maximum atomic E-state index is 14.1. The van der Waals surface area contributed by atoms with Gasteiger partial charge in [-0.1, -0.05) is 18.2 Å². The molecule has 4 saturated heterocycles. The number of fused-ring (bicyclic) bond motifs is 1. The summed E-state index contributed by atoms with van der Waals surface area (Å²) in [4.78, 5) is 34.1. The number of imide groups is 1. The summed E-state index contributed by atoms with van der Waals surface area (Å²) in [5.74, 6) is 1.51. The lowest BCUT2D eigenvalue weighted by atomic mass is 9.54. The predicted molar refractivity (Wildman–Crippen MR) is 200 cm³/mol. The Balaban J connectivity index is 0.800. The standard InChI is InChI=1S/C42H44FN7O4/c43-32-5-1-4-30(38(32)52)34-20-31(40(44)48-47-34)33-19-26(13-14-45-33)42-21-27-17-25(18-28(22-42)50(27)42)23-7-9-24(10-8-23)29-3-2-6-35-39(29)54-16-15-49(35)36-11-12-37(51)46-41(36)53/h1-6,13-14,19-20,23-25,27-28,36,52H,7-12,15-18,21-22H2,(H2,44,48)(H,46,51,53)/t23?,24?,25?,27-,28+,36-,42?/m1/s1. The normalized spacial score (nSPS) is 30.3. The highest BCUT2D eigenvalue weighted by Crippen LogP contribution is 2.64. The molecule has 7 heterocycles. The van der Waals surface area contributed by atoms with Crippen molar-refractivity contribution in [2.45, 2.75) is 93.8 Å². The lowest BCUT2D eigenvalue weighted by Crippen LogP contribution is -2.78. The maximum Gasteiger partial charge on any atom is 0.249 e. The fourth-order valence-electron chi connectivity index (χ4n) is 11.1. The van der Waals surface area contributed by atoms with E-state index in [1.54, 1.807) is 12.1 Å². The summed E-state index contributed by atoms with van der Waals surface area (Å²) in [6.07, 6.45) is 12.3. The number of carbonyl (C=O) groups is 2. The van der Waals surface area contributed by atoms with Crippen molar-refractivity contribution in [1.29, 1.82) is 0 Å². The minimum absolute atomic E-state index is 0.0304. The van der Waals surface area contributed by atoms with Crippen LogP contribution in [-0.2, 0) is 15.1 Å². The third-order valence-corrected chi connectivity index (χ3v) is 13.6. The van der Waals surface area contributed by atoms with Crippen LogP contribution in [-0.4, -0.2) is 68.3 Å². The van der Waals surface area contributed by atoms with Crippen molar-refractivity contribution in [3.8, 4) is 34.0 Å². The summed E-state index contributed by atoms with van der Waals surface area (Å²) in [6, 6.07) is 17.6. The number of hydrogen-bond donors (Lipinski definition) is 3. The van der Waals surface area contributed by atoms with Gasteiger partial charge in [-0.25, -0.2) is 4.39 Å². The summed E-state index contributed by atoms with van der Waals surface area (Å²) in [6.45, 7) is 1.18. The molecule has 6 aliphatic rings. The molecule has 0 radical (unpaired) electrons. The molecule has 1 saturated carbocycles. The van der Waals surface area contributed by atoms with Crippen LogP contribution in [0.5, 0.6) is 11.5 Å². The van der Waals surface area contributed by atoms with Gasteiger partial charge in [0.05, 0.1) is 23.6 Å².